The first-order valence-electron chi connectivity index (χ1n) is 9.48. The van der Waals surface area contributed by atoms with Gasteiger partial charge in [-0.3, -0.25) is 4.79 Å². The lowest BCUT2D eigenvalue weighted by molar-refractivity contribution is 0.0956. The molecule has 7 heteroatoms. The molecule has 0 aliphatic rings. The van der Waals surface area contributed by atoms with Crippen molar-refractivity contribution in [3.63, 3.8) is 0 Å². The Morgan fingerprint density at radius 1 is 1.14 bits per heavy atom. The van der Waals surface area contributed by atoms with E-state index in [1.807, 2.05) is 26.0 Å². The van der Waals surface area contributed by atoms with E-state index in [1.165, 1.54) is 16.9 Å². The minimum absolute atomic E-state index is 0.0803. The molecule has 1 amide bonds. The van der Waals surface area contributed by atoms with Gasteiger partial charge in [0.25, 0.3) is 5.91 Å². The number of aromatic nitrogens is 3. The fourth-order valence-electron chi connectivity index (χ4n) is 2.77. The van der Waals surface area contributed by atoms with Gasteiger partial charge in [-0.1, -0.05) is 19.1 Å². The van der Waals surface area contributed by atoms with Crippen LogP contribution in [0.3, 0.4) is 0 Å². The molecule has 1 aromatic carbocycles. The molecule has 0 bridgehead atoms. The molecule has 3 aromatic rings. The molecule has 0 atom stereocenters. The van der Waals surface area contributed by atoms with Gasteiger partial charge in [-0.2, -0.15) is 0 Å². The third-order valence-corrected chi connectivity index (χ3v) is 5.25. The van der Waals surface area contributed by atoms with Crippen molar-refractivity contribution in [2.45, 2.75) is 33.1 Å². The Morgan fingerprint density at radius 3 is 2.57 bits per heavy atom. The zero-order valence-electron chi connectivity index (χ0n) is 16.1. The molecule has 0 aliphatic carbocycles. The SMILES string of the molecule is CCOc1ccc(CCCNC(=O)c2sc(-c3ncccn3)nc2CC)cc1. The number of ether oxygens (including phenoxy) is 1. The van der Waals surface area contributed by atoms with Crippen molar-refractivity contribution < 1.29 is 9.53 Å². The van der Waals surface area contributed by atoms with Crippen LogP contribution in [0.15, 0.2) is 42.7 Å². The van der Waals surface area contributed by atoms with Gasteiger partial charge in [-0.15, -0.1) is 11.3 Å². The molecule has 0 radical (unpaired) electrons. The van der Waals surface area contributed by atoms with Gasteiger partial charge < -0.3 is 10.1 Å². The number of aryl methyl sites for hydroxylation is 2. The van der Waals surface area contributed by atoms with Gasteiger partial charge in [0.05, 0.1) is 12.3 Å². The van der Waals surface area contributed by atoms with Crippen molar-refractivity contribution in [2.24, 2.45) is 0 Å². The average Bonchev–Trinajstić information content (AvgIpc) is 3.18. The van der Waals surface area contributed by atoms with Crippen LogP contribution in [0.2, 0.25) is 0 Å². The van der Waals surface area contributed by atoms with Gasteiger partial charge in [0, 0.05) is 18.9 Å². The summed E-state index contributed by atoms with van der Waals surface area (Å²) in [6, 6.07) is 9.86. The van der Waals surface area contributed by atoms with Crippen molar-refractivity contribution in [1.82, 2.24) is 20.3 Å². The highest BCUT2D eigenvalue weighted by atomic mass is 32.1. The quantitative estimate of drug-likeness (QED) is 0.555. The summed E-state index contributed by atoms with van der Waals surface area (Å²) in [5, 5.41) is 3.68. The summed E-state index contributed by atoms with van der Waals surface area (Å²) in [5.41, 5.74) is 2.02. The van der Waals surface area contributed by atoms with Crippen LogP contribution >= 0.6 is 11.3 Å². The van der Waals surface area contributed by atoms with E-state index in [0.717, 1.165) is 24.3 Å². The molecule has 0 unspecified atom stereocenters. The van der Waals surface area contributed by atoms with E-state index in [9.17, 15) is 4.79 Å². The third-order valence-electron chi connectivity index (χ3n) is 4.16. The highest BCUT2D eigenvalue weighted by Gasteiger charge is 2.18. The molecule has 0 fully saturated rings. The molecule has 0 saturated heterocycles. The zero-order chi connectivity index (χ0) is 19.8. The Bertz CT molecular complexity index is 895. The van der Waals surface area contributed by atoms with Crippen molar-refractivity contribution >= 4 is 17.2 Å². The Balaban J connectivity index is 1.54. The van der Waals surface area contributed by atoms with Crippen LogP contribution in [-0.4, -0.2) is 34.0 Å². The molecule has 2 aromatic heterocycles. The maximum atomic E-state index is 12.6. The van der Waals surface area contributed by atoms with Gasteiger partial charge in [-0.05, 0) is 49.9 Å². The summed E-state index contributed by atoms with van der Waals surface area (Å²) >= 11 is 1.34. The summed E-state index contributed by atoms with van der Waals surface area (Å²) in [5.74, 6) is 1.36. The highest BCUT2D eigenvalue weighted by Crippen LogP contribution is 2.26. The van der Waals surface area contributed by atoms with Crippen LogP contribution < -0.4 is 10.1 Å². The number of rotatable bonds is 9. The van der Waals surface area contributed by atoms with Gasteiger partial charge in [0.1, 0.15) is 10.6 Å². The minimum atomic E-state index is -0.0803. The first-order valence-corrected chi connectivity index (χ1v) is 10.3. The van der Waals surface area contributed by atoms with E-state index in [-0.39, 0.29) is 5.91 Å². The first-order chi connectivity index (χ1) is 13.7. The normalized spacial score (nSPS) is 10.6. The number of nitrogens with zero attached hydrogens (tertiary/aromatic N) is 3. The molecular weight excluding hydrogens is 372 g/mol. The number of carbonyl (C=O) groups is 1. The number of amides is 1. The van der Waals surface area contributed by atoms with Crippen molar-refractivity contribution in [3.05, 3.63) is 58.9 Å². The van der Waals surface area contributed by atoms with E-state index in [0.29, 0.717) is 35.3 Å². The number of thiazole rings is 1. The number of benzene rings is 1. The minimum Gasteiger partial charge on any atom is -0.494 e. The Kier molecular flexibility index (Phi) is 7.08. The second-order valence-electron chi connectivity index (χ2n) is 6.16. The van der Waals surface area contributed by atoms with E-state index in [2.05, 4.69) is 32.4 Å². The van der Waals surface area contributed by atoms with Crippen molar-refractivity contribution in [3.8, 4) is 16.6 Å². The lowest BCUT2D eigenvalue weighted by Crippen LogP contribution is -2.24. The third kappa shape index (κ3) is 5.13. The van der Waals surface area contributed by atoms with Crippen LogP contribution in [0.25, 0.3) is 10.8 Å². The molecule has 6 nitrogen and oxygen atoms in total. The second-order valence-corrected chi connectivity index (χ2v) is 7.16. The fourth-order valence-corrected chi connectivity index (χ4v) is 3.79. The molecule has 0 spiro atoms. The van der Waals surface area contributed by atoms with E-state index >= 15 is 0 Å². The monoisotopic (exact) mass is 396 g/mol. The van der Waals surface area contributed by atoms with Gasteiger partial charge >= 0.3 is 0 Å². The van der Waals surface area contributed by atoms with Gasteiger partial charge in [0.2, 0.25) is 0 Å². The maximum absolute atomic E-state index is 12.6. The van der Waals surface area contributed by atoms with Crippen LogP contribution in [0.5, 0.6) is 5.75 Å². The molecule has 2 heterocycles. The first kappa shape index (κ1) is 19.9. The molecular formula is C21H24N4O2S. The predicted octanol–water partition coefficient (Wildman–Crippen LogP) is 3.92. The Morgan fingerprint density at radius 2 is 1.89 bits per heavy atom. The van der Waals surface area contributed by atoms with E-state index < -0.39 is 0 Å². The number of hydrogen-bond acceptors (Lipinski definition) is 6. The molecule has 0 saturated carbocycles. The van der Waals surface area contributed by atoms with E-state index in [1.54, 1.807) is 18.5 Å². The Labute approximate surface area is 169 Å². The Hall–Kier alpha value is -2.80. The molecule has 1 N–H and O–H groups in total. The predicted molar refractivity (Wildman–Crippen MR) is 111 cm³/mol. The highest BCUT2D eigenvalue weighted by molar-refractivity contribution is 7.17. The molecule has 28 heavy (non-hydrogen) atoms. The summed E-state index contributed by atoms with van der Waals surface area (Å²) in [7, 11) is 0. The van der Waals surface area contributed by atoms with Crippen LogP contribution in [0.1, 0.15) is 41.2 Å². The summed E-state index contributed by atoms with van der Waals surface area (Å²) < 4.78 is 5.45. The largest absolute Gasteiger partial charge is 0.494 e. The van der Waals surface area contributed by atoms with Crippen molar-refractivity contribution in [1.29, 1.82) is 0 Å². The topological polar surface area (TPSA) is 77.0 Å². The zero-order valence-corrected chi connectivity index (χ0v) is 17.0. The van der Waals surface area contributed by atoms with E-state index in [4.69, 9.17) is 4.74 Å². The van der Waals surface area contributed by atoms with Crippen LogP contribution in [-0.2, 0) is 12.8 Å². The summed E-state index contributed by atoms with van der Waals surface area (Å²) in [6.45, 7) is 5.25. The number of nitrogens with one attached hydrogen (secondary N) is 1. The van der Waals surface area contributed by atoms with Crippen molar-refractivity contribution in [2.75, 3.05) is 13.2 Å². The summed E-state index contributed by atoms with van der Waals surface area (Å²) in [6.07, 6.45) is 5.82. The molecule has 3 rings (SSSR count). The molecule has 0 aliphatic heterocycles. The van der Waals surface area contributed by atoms with Crippen LogP contribution in [0.4, 0.5) is 0 Å². The smallest absolute Gasteiger partial charge is 0.263 e. The lowest BCUT2D eigenvalue weighted by atomic mass is 10.1. The summed E-state index contributed by atoms with van der Waals surface area (Å²) in [4.78, 5) is 26.2. The van der Waals surface area contributed by atoms with Crippen LogP contribution in [0, 0.1) is 0 Å². The fraction of sp³-hybridized carbons (Fsp3) is 0.333. The average molecular weight is 397 g/mol. The lowest BCUT2D eigenvalue weighted by Gasteiger charge is -2.06. The number of hydrogen-bond donors (Lipinski definition) is 1. The number of carbonyl (C=O) groups excluding carboxylic acids is 1. The maximum Gasteiger partial charge on any atom is 0.263 e. The standard InChI is InChI=1S/C21H24N4O2S/c1-3-17-18(28-21(25-17)19-22-13-6-14-23-19)20(26)24-12-5-7-15-8-10-16(11-9-15)27-4-2/h6,8-11,13-14H,3-5,7,12H2,1-2H3,(H,24,26). The van der Waals surface area contributed by atoms with Gasteiger partial charge in [0.15, 0.2) is 10.8 Å². The van der Waals surface area contributed by atoms with Gasteiger partial charge in [-0.25, -0.2) is 15.0 Å². The molecule has 146 valence electrons. The second kappa shape index (κ2) is 9.94.